The van der Waals surface area contributed by atoms with Crippen LogP contribution in [0.1, 0.15) is 13.3 Å². The van der Waals surface area contributed by atoms with E-state index in [9.17, 15) is 0 Å². The van der Waals surface area contributed by atoms with Gasteiger partial charge in [-0.3, -0.25) is 4.68 Å². The topological polar surface area (TPSA) is 43.6 Å². The zero-order valence-electron chi connectivity index (χ0n) is 7.24. The lowest BCUT2D eigenvalue weighted by atomic mass is 10.4. The predicted octanol–water partition coefficient (Wildman–Crippen LogP) is 1.89. The van der Waals surface area contributed by atoms with Crippen LogP contribution in [-0.4, -0.2) is 19.7 Å². The molecule has 2 rings (SSSR count). The van der Waals surface area contributed by atoms with E-state index in [1.807, 2.05) is 4.68 Å². The Bertz CT molecular complexity index is 423. The standard InChI is InChI=1S/C8H9ClN4/c1-2-3-13-7-6(4-12-13)10-5-11-8(7)9/h4-5H,2-3H2,1H3. The molecule has 2 aromatic rings. The molecule has 0 spiro atoms. The maximum atomic E-state index is 5.93. The normalized spacial score (nSPS) is 10.9. The van der Waals surface area contributed by atoms with Gasteiger partial charge in [0.2, 0.25) is 0 Å². The summed E-state index contributed by atoms with van der Waals surface area (Å²) in [5.41, 5.74) is 1.62. The van der Waals surface area contributed by atoms with Crippen LogP contribution in [0.2, 0.25) is 5.15 Å². The molecule has 0 radical (unpaired) electrons. The second-order valence-electron chi connectivity index (χ2n) is 2.77. The fraction of sp³-hybridized carbons (Fsp3) is 0.375. The molecule has 0 amide bonds. The summed E-state index contributed by atoms with van der Waals surface area (Å²) >= 11 is 5.93. The number of hydrogen-bond acceptors (Lipinski definition) is 3. The number of aromatic nitrogens is 4. The number of nitrogens with zero attached hydrogens (tertiary/aromatic N) is 4. The Kier molecular flexibility index (Phi) is 2.14. The molecule has 0 saturated heterocycles. The lowest BCUT2D eigenvalue weighted by Gasteiger charge is -2.00. The summed E-state index contributed by atoms with van der Waals surface area (Å²) in [5.74, 6) is 0. The summed E-state index contributed by atoms with van der Waals surface area (Å²) in [7, 11) is 0. The highest BCUT2D eigenvalue weighted by Gasteiger charge is 2.07. The maximum absolute atomic E-state index is 5.93. The van der Waals surface area contributed by atoms with Crippen molar-refractivity contribution >= 4 is 22.6 Å². The molecule has 0 aromatic carbocycles. The van der Waals surface area contributed by atoms with Crippen molar-refractivity contribution in [1.82, 2.24) is 19.7 Å². The third-order valence-electron chi connectivity index (χ3n) is 1.82. The first-order valence-corrected chi connectivity index (χ1v) is 4.52. The average molecular weight is 197 g/mol. The molecule has 5 heteroatoms. The van der Waals surface area contributed by atoms with Crippen LogP contribution in [0.5, 0.6) is 0 Å². The smallest absolute Gasteiger partial charge is 0.158 e. The van der Waals surface area contributed by atoms with Crippen molar-refractivity contribution in [3.63, 3.8) is 0 Å². The van der Waals surface area contributed by atoms with Crippen molar-refractivity contribution in [1.29, 1.82) is 0 Å². The lowest BCUT2D eigenvalue weighted by molar-refractivity contribution is 0.622. The summed E-state index contributed by atoms with van der Waals surface area (Å²) in [6, 6.07) is 0. The number of rotatable bonds is 2. The Morgan fingerprint density at radius 1 is 1.46 bits per heavy atom. The van der Waals surface area contributed by atoms with Crippen molar-refractivity contribution in [3.8, 4) is 0 Å². The Balaban J connectivity index is 2.64. The van der Waals surface area contributed by atoms with E-state index >= 15 is 0 Å². The Morgan fingerprint density at radius 2 is 2.31 bits per heavy atom. The predicted molar refractivity (Wildman–Crippen MR) is 50.6 cm³/mol. The number of fused-ring (bicyclic) bond motifs is 1. The van der Waals surface area contributed by atoms with Gasteiger partial charge in [0.25, 0.3) is 0 Å². The van der Waals surface area contributed by atoms with E-state index in [0.717, 1.165) is 24.0 Å². The van der Waals surface area contributed by atoms with E-state index in [-0.39, 0.29) is 0 Å². The summed E-state index contributed by atoms with van der Waals surface area (Å²) in [5, 5.41) is 4.64. The minimum absolute atomic E-state index is 0.468. The van der Waals surface area contributed by atoms with Crippen LogP contribution in [0.25, 0.3) is 11.0 Å². The Hall–Kier alpha value is -1.16. The number of aryl methyl sites for hydroxylation is 1. The van der Waals surface area contributed by atoms with Gasteiger partial charge in [-0.1, -0.05) is 18.5 Å². The minimum atomic E-state index is 0.468. The van der Waals surface area contributed by atoms with Gasteiger partial charge in [0.1, 0.15) is 17.4 Å². The molecule has 0 saturated carbocycles. The van der Waals surface area contributed by atoms with Gasteiger partial charge >= 0.3 is 0 Å². The van der Waals surface area contributed by atoms with Gasteiger partial charge in [0, 0.05) is 6.54 Å². The highest BCUT2D eigenvalue weighted by atomic mass is 35.5. The molecule has 0 N–H and O–H groups in total. The Morgan fingerprint density at radius 3 is 3.08 bits per heavy atom. The molecule has 0 fully saturated rings. The largest absolute Gasteiger partial charge is 0.260 e. The molecule has 0 unspecified atom stereocenters. The third kappa shape index (κ3) is 1.37. The zero-order valence-corrected chi connectivity index (χ0v) is 7.99. The van der Waals surface area contributed by atoms with Crippen LogP contribution in [0.3, 0.4) is 0 Å². The fourth-order valence-corrected chi connectivity index (χ4v) is 1.50. The first-order valence-electron chi connectivity index (χ1n) is 4.15. The number of hydrogen-bond donors (Lipinski definition) is 0. The van der Waals surface area contributed by atoms with E-state index in [0.29, 0.717) is 5.15 Å². The Labute approximate surface area is 80.6 Å². The van der Waals surface area contributed by atoms with Crippen molar-refractivity contribution in [2.75, 3.05) is 0 Å². The van der Waals surface area contributed by atoms with Crippen molar-refractivity contribution in [3.05, 3.63) is 17.7 Å². The van der Waals surface area contributed by atoms with Gasteiger partial charge in [-0.15, -0.1) is 0 Å². The summed E-state index contributed by atoms with van der Waals surface area (Å²) in [6.07, 6.45) is 4.17. The first-order chi connectivity index (χ1) is 6.33. The van der Waals surface area contributed by atoms with Crippen LogP contribution in [-0.2, 0) is 6.54 Å². The highest BCUT2D eigenvalue weighted by molar-refractivity contribution is 6.33. The van der Waals surface area contributed by atoms with Crippen LogP contribution in [0.4, 0.5) is 0 Å². The molecule has 0 aliphatic carbocycles. The molecule has 2 heterocycles. The van der Waals surface area contributed by atoms with Gasteiger partial charge in [-0.25, -0.2) is 9.97 Å². The van der Waals surface area contributed by atoms with Gasteiger partial charge in [-0.05, 0) is 6.42 Å². The van der Waals surface area contributed by atoms with Gasteiger partial charge in [0.15, 0.2) is 5.15 Å². The molecule has 68 valence electrons. The van der Waals surface area contributed by atoms with E-state index < -0.39 is 0 Å². The molecule has 13 heavy (non-hydrogen) atoms. The SMILES string of the molecule is CCCn1ncc2ncnc(Cl)c21. The lowest BCUT2D eigenvalue weighted by Crippen LogP contribution is -1.99. The average Bonchev–Trinajstić information content (AvgIpc) is 2.51. The van der Waals surface area contributed by atoms with Gasteiger partial charge in [0.05, 0.1) is 6.20 Å². The molecular formula is C8H9ClN4. The molecule has 4 nitrogen and oxygen atoms in total. The van der Waals surface area contributed by atoms with E-state index in [4.69, 9.17) is 11.6 Å². The zero-order chi connectivity index (χ0) is 9.26. The van der Waals surface area contributed by atoms with Gasteiger partial charge < -0.3 is 0 Å². The molecule has 0 aliphatic rings. The van der Waals surface area contributed by atoms with Crippen molar-refractivity contribution < 1.29 is 0 Å². The van der Waals surface area contributed by atoms with Crippen LogP contribution in [0.15, 0.2) is 12.5 Å². The van der Waals surface area contributed by atoms with Gasteiger partial charge in [-0.2, -0.15) is 5.10 Å². The highest BCUT2D eigenvalue weighted by Crippen LogP contribution is 2.18. The molecule has 2 aromatic heterocycles. The summed E-state index contributed by atoms with van der Waals surface area (Å²) in [4.78, 5) is 7.98. The molecule has 0 aliphatic heterocycles. The monoisotopic (exact) mass is 196 g/mol. The minimum Gasteiger partial charge on any atom is -0.260 e. The maximum Gasteiger partial charge on any atom is 0.158 e. The van der Waals surface area contributed by atoms with E-state index in [1.54, 1.807) is 6.20 Å². The molecule has 0 atom stereocenters. The summed E-state index contributed by atoms with van der Waals surface area (Å²) < 4.78 is 1.83. The van der Waals surface area contributed by atoms with Crippen LogP contribution >= 0.6 is 11.6 Å². The van der Waals surface area contributed by atoms with E-state index in [1.165, 1.54) is 6.33 Å². The third-order valence-corrected chi connectivity index (χ3v) is 2.10. The second kappa shape index (κ2) is 3.30. The van der Waals surface area contributed by atoms with Crippen molar-refractivity contribution in [2.24, 2.45) is 0 Å². The first kappa shape index (κ1) is 8.44. The van der Waals surface area contributed by atoms with Crippen molar-refractivity contribution in [2.45, 2.75) is 19.9 Å². The number of halogens is 1. The van der Waals surface area contributed by atoms with Crippen LogP contribution in [0, 0.1) is 0 Å². The molecule has 0 bridgehead atoms. The second-order valence-corrected chi connectivity index (χ2v) is 3.12. The quantitative estimate of drug-likeness (QED) is 0.689. The van der Waals surface area contributed by atoms with E-state index in [2.05, 4.69) is 22.0 Å². The van der Waals surface area contributed by atoms with Crippen LogP contribution < -0.4 is 0 Å². The molecular weight excluding hydrogens is 188 g/mol. The fourth-order valence-electron chi connectivity index (χ4n) is 1.27. The summed E-state index contributed by atoms with van der Waals surface area (Å²) in [6.45, 7) is 2.93.